The van der Waals surface area contributed by atoms with Crippen LogP contribution in [-0.2, 0) is 9.47 Å². The number of hydrogen-bond acceptors (Lipinski definition) is 4. The topological polar surface area (TPSA) is 39.7 Å². The average molecular weight is 291 g/mol. The second-order valence-electron chi connectivity index (χ2n) is 4.89. The average Bonchev–Trinajstić information content (AvgIpc) is 2.35. The van der Waals surface area contributed by atoms with Crippen molar-refractivity contribution in [2.75, 3.05) is 18.5 Å². The molecule has 1 aromatic rings. The number of halogens is 3. The highest BCUT2D eigenvalue weighted by Crippen LogP contribution is 2.24. The molecule has 1 fully saturated rings. The molecule has 0 amide bonds. The quantitative estimate of drug-likeness (QED) is 0.925. The van der Waals surface area contributed by atoms with E-state index in [0.29, 0.717) is 18.9 Å². The molecule has 4 nitrogen and oxygen atoms in total. The van der Waals surface area contributed by atoms with Crippen molar-refractivity contribution in [3.63, 3.8) is 0 Å². The molecule has 7 heteroatoms. The standard InChI is InChI=1S/C13H16F3NO3/c1-13(2)18-6-9(7-19-13)17-8-3-4-11(10(14)5-8)20-12(15)16/h3-5,9,12,17H,6-7H2,1-2H3. The summed E-state index contributed by atoms with van der Waals surface area (Å²) in [6.45, 7) is 1.37. The van der Waals surface area contributed by atoms with Crippen molar-refractivity contribution in [2.45, 2.75) is 32.3 Å². The molecule has 0 radical (unpaired) electrons. The van der Waals surface area contributed by atoms with Crippen molar-refractivity contribution in [2.24, 2.45) is 0 Å². The van der Waals surface area contributed by atoms with E-state index in [1.54, 1.807) is 13.8 Å². The Bertz CT molecular complexity index is 458. The monoisotopic (exact) mass is 291 g/mol. The molecule has 1 aliphatic rings. The lowest BCUT2D eigenvalue weighted by atomic mass is 10.2. The molecule has 1 aromatic carbocycles. The van der Waals surface area contributed by atoms with Gasteiger partial charge < -0.3 is 19.5 Å². The minimum Gasteiger partial charge on any atom is -0.432 e. The minimum atomic E-state index is -3.05. The molecular formula is C13H16F3NO3. The summed E-state index contributed by atoms with van der Waals surface area (Å²) in [4.78, 5) is 0. The van der Waals surface area contributed by atoms with Crippen molar-refractivity contribution in [3.8, 4) is 5.75 Å². The highest BCUT2D eigenvalue weighted by Gasteiger charge is 2.28. The van der Waals surface area contributed by atoms with E-state index in [1.807, 2.05) is 0 Å². The number of benzene rings is 1. The van der Waals surface area contributed by atoms with Gasteiger partial charge in [0.25, 0.3) is 0 Å². The third-order valence-corrected chi connectivity index (χ3v) is 2.78. The smallest absolute Gasteiger partial charge is 0.387 e. The molecule has 2 rings (SSSR count). The van der Waals surface area contributed by atoms with Crippen LogP contribution in [0.15, 0.2) is 18.2 Å². The zero-order valence-electron chi connectivity index (χ0n) is 11.2. The molecule has 112 valence electrons. The summed E-state index contributed by atoms with van der Waals surface area (Å²) in [7, 11) is 0. The third kappa shape index (κ3) is 4.01. The summed E-state index contributed by atoms with van der Waals surface area (Å²) in [5, 5.41) is 3.01. The molecule has 0 saturated carbocycles. The zero-order valence-corrected chi connectivity index (χ0v) is 11.2. The van der Waals surface area contributed by atoms with Gasteiger partial charge in [-0.3, -0.25) is 0 Å². The second-order valence-corrected chi connectivity index (χ2v) is 4.89. The summed E-state index contributed by atoms with van der Waals surface area (Å²) in [6, 6.07) is 3.57. The highest BCUT2D eigenvalue weighted by atomic mass is 19.3. The molecule has 0 atom stereocenters. The van der Waals surface area contributed by atoms with Crippen LogP contribution >= 0.6 is 0 Å². The normalized spacial score (nSPS) is 19.1. The van der Waals surface area contributed by atoms with Gasteiger partial charge in [-0.25, -0.2) is 4.39 Å². The van der Waals surface area contributed by atoms with Crippen LogP contribution in [-0.4, -0.2) is 31.7 Å². The fraction of sp³-hybridized carbons (Fsp3) is 0.538. The predicted molar refractivity (Wildman–Crippen MR) is 66.4 cm³/mol. The van der Waals surface area contributed by atoms with Crippen LogP contribution in [0.2, 0.25) is 0 Å². The maximum absolute atomic E-state index is 13.5. The van der Waals surface area contributed by atoms with Crippen LogP contribution in [0, 0.1) is 5.82 Å². The van der Waals surface area contributed by atoms with Crippen LogP contribution in [0.3, 0.4) is 0 Å². The first kappa shape index (κ1) is 14.9. The van der Waals surface area contributed by atoms with Gasteiger partial charge in [0.1, 0.15) is 0 Å². The van der Waals surface area contributed by atoms with Gasteiger partial charge in [0.15, 0.2) is 17.4 Å². The number of anilines is 1. The van der Waals surface area contributed by atoms with Crippen LogP contribution in [0.25, 0.3) is 0 Å². The van der Waals surface area contributed by atoms with Gasteiger partial charge in [0, 0.05) is 11.8 Å². The van der Waals surface area contributed by atoms with Crippen molar-refractivity contribution in [1.82, 2.24) is 0 Å². The maximum Gasteiger partial charge on any atom is 0.387 e. The van der Waals surface area contributed by atoms with E-state index in [4.69, 9.17) is 9.47 Å². The van der Waals surface area contributed by atoms with Gasteiger partial charge in [-0.1, -0.05) is 0 Å². The first-order valence-corrected chi connectivity index (χ1v) is 6.14. The lowest BCUT2D eigenvalue weighted by molar-refractivity contribution is -0.247. The summed E-state index contributed by atoms with van der Waals surface area (Å²) in [6.07, 6.45) is 0. The molecule has 0 bridgehead atoms. The Morgan fingerprint density at radius 1 is 1.30 bits per heavy atom. The van der Waals surface area contributed by atoms with Gasteiger partial charge in [-0.05, 0) is 26.0 Å². The number of rotatable bonds is 4. The van der Waals surface area contributed by atoms with E-state index < -0.39 is 24.0 Å². The first-order chi connectivity index (χ1) is 9.35. The van der Waals surface area contributed by atoms with Crippen molar-refractivity contribution < 1.29 is 27.4 Å². The van der Waals surface area contributed by atoms with E-state index in [9.17, 15) is 13.2 Å². The molecule has 1 N–H and O–H groups in total. The summed E-state index contributed by atoms with van der Waals surface area (Å²) >= 11 is 0. The lowest BCUT2D eigenvalue weighted by Crippen LogP contribution is -2.45. The zero-order chi connectivity index (χ0) is 14.8. The van der Waals surface area contributed by atoms with Gasteiger partial charge in [-0.15, -0.1) is 0 Å². The Morgan fingerprint density at radius 3 is 2.50 bits per heavy atom. The van der Waals surface area contributed by atoms with Crippen LogP contribution in [0.5, 0.6) is 5.75 Å². The molecular weight excluding hydrogens is 275 g/mol. The largest absolute Gasteiger partial charge is 0.432 e. The van der Waals surface area contributed by atoms with Crippen molar-refractivity contribution in [1.29, 1.82) is 0 Å². The van der Waals surface area contributed by atoms with Gasteiger partial charge in [0.2, 0.25) is 0 Å². The second kappa shape index (κ2) is 5.88. The van der Waals surface area contributed by atoms with Crippen LogP contribution < -0.4 is 10.1 Å². The van der Waals surface area contributed by atoms with Gasteiger partial charge in [-0.2, -0.15) is 8.78 Å². The van der Waals surface area contributed by atoms with E-state index in [1.165, 1.54) is 6.07 Å². The van der Waals surface area contributed by atoms with E-state index >= 15 is 0 Å². The van der Waals surface area contributed by atoms with Gasteiger partial charge in [0.05, 0.1) is 19.3 Å². The number of ether oxygens (including phenoxy) is 3. The van der Waals surface area contributed by atoms with Crippen molar-refractivity contribution >= 4 is 5.69 Å². The Kier molecular flexibility index (Phi) is 4.39. The number of nitrogens with one attached hydrogen (secondary N) is 1. The Morgan fingerprint density at radius 2 is 1.95 bits per heavy atom. The number of hydrogen-bond donors (Lipinski definition) is 1. The molecule has 0 spiro atoms. The Hall–Kier alpha value is -1.47. The van der Waals surface area contributed by atoms with E-state index in [0.717, 1.165) is 12.1 Å². The molecule has 1 heterocycles. The van der Waals surface area contributed by atoms with E-state index in [2.05, 4.69) is 10.1 Å². The molecule has 0 unspecified atom stereocenters. The molecule has 0 aliphatic carbocycles. The fourth-order valence-corrected chi connectivity index (χ4v) is 1.79. The van der Waals surface area contributed by atoms with Gasteiger partial charge >= 0.3 is 6.61 Å². The molecule has 1 aliphatic heterocycles. The van der Waals surface area contributed by atoms with E-state index in [-0.39, 0.29) is 6.04 Å². The first-order valence-electron chi connectivity index (χ1n) is 6.14. The van der Waals surface area contributed by atoms with Crippen LogP contribution in [0.1, 0.15) is 13.8 Å². The molecule has 20 heavy (non-hydrogen) atoms. The fourth-order valence-electron chi connectivity index (χ4n) is 1.79. The molecule has 1 saturated heterocycles. The Labute approximate surface area is 114 Å². The lowest BCUT2D eigenvalue weighted by Gasteiger charge is -2.35. The molecule has 0 aromatic heterocycles. The summed E-state index contributed by atoms with van der Waals surface area (Å²) < 4.78 is 52.5. The Balaban J connectivity index is 1.95. The minimum absolute atomic E-state index is 0.135. The number of alkyl halides is 2. The predicted octanol–water partition coefficient (Wildman–Crippen LogP) is 2.99. The highest BCUT2D eigenvalue weighted by molar-refractivity contribution is 5.48. The SMILES string of the molecule is CC1(C)OCC(Nc2ccc(OC(F)F)c(F)c2)CO1. The summed E-state index contributed by atoms with van der Waals surface area (Å²) in [5.41, 5.74) is 0.445. The van der Waals surface area contributed by atoms with Crippen LogP contribution in [0.4, 0.5) is 18.9 Å². The third-order valence-electron chi connectivity index (χ3n) is 2.78. The summed E-state index contributed by atoms with van der Waals surface area (Å²) in [5.74, 6) is -1.96. The maximum atomic E-state index is 13.5. The van der Waals surface area contributed by atoms with Crippen molar-refractivity contribution in [3.05, 3.63) is 24.0 Å².